The topological polar surface area (TPSA) is 54.4 Å². The summed E-state index contributed by atoms with van der Waals surface area (Å²) in [6.07, 6.45) is 1.91. The van der Waals surface area contributed by atoms with Crippen molar-refractivity contribution in [2.24, 2.45) is 0 Å². The van der Waals surface area contributed by atoms with Crippen molar-refractivity contribution in [3.63, 3.8) is 0 Å². The highest BCUT2D eigenvalue weighted by Crippen LogP contribution is 2.16. The van der Waals surface area contributed by atoms with Crippen molar-refractivity contribution in [2.45, 2.75) is 0 Å². The molecule has 0 fully saturated rings. The monoisotopic (exact) mass is 226 g/mol. The predicted octanol–water partition coefficient (Wildman–Crippen LogP) is 2.66. The van der Waals surface area contributed by atoms with Crippen molar-refractivity contribution < 1.29 is 14.7 Å². The molecule has 0 unspecified atom stereocenters. The van der Waals surface area contributed by atoms with Crippen LogP contribution in [0.4, 0.5) is 0 Å². The summed E-state index contributed by atoms with van der Waals surface area (Å²) >= 11 is 0. The van der Waals surface area contributed by atoms with Crippen LogP contribution in [0.25, 0.3) is 10.8 Å². The molecule has 0 spiro atoms. The van der Waals surface area contributed by atoms with Gasteiger partial charge in [0.05, 0.1) is 0 Å². The first-order valence-corrected chi connectivity index (χ1v) is 5.11. The molecule has 0 atom stereocenters. The number of allylic oxidation sites excluding steroid dienone is 1. The van der Waals surface area contributed by atoms with Gasteiger partial charge in [-0.1, -0.05) is 36.4 Å². The van der Waals surface area contributed by atoms with Gasteiger partial charge < -0.3 is 5.11 Å². The van der Waals surface area contributed by atoms with Crippen molar-refractivity contribution >= 4 is 22.5 Å². The zero-order chi connectivity index (χ0) is 12.3. The van der Waals surface area contributed by atoms with Gasteiger partial charge in [0.1, 0.15) is 0 Å². The fraction of sp³-hybridized carbons (Fsp3) is 0. The van der Waals surface area contributed by atoms with Gasteiger partial charge in [-0.15, -0.1) is 0 Å². The molecule has 17 heavy (non-hydrogen) atoms. The average molecular weight is 226 g/mol. The first kappa shape index (κ1) is 11.1. The molecular weight excluding hydrogens is 216 g/mol. The number of rotatable bonds is 3. The van der Waals surface area contributed by atoms with E-state index in [1.807, 2.05) is 30.3 Å². The van der Waals surface area contributed by atoms with Crippen LogP contribution in [0.5, 0.6) is 0 Å². The van der Waals surface area contributed by atoms with Crippen LogP contribution in [0.3, 0.4) is 0 Å². The van der Waals surface area contributed by atoms with Gasteiger partial charge in [-0.3, -0.25) is 4.79 Å². The van der Waals surface area contributed by atoms with Gasteiger partial charge in [0.25, 0.3) is 0 Å². The lowest BCUT2D eigenvalue weighted by atomic mass is 10.0. The third-order valence-corrected chi connectivity index (χ3v) is 2.41. The van der Waals surface area contributed by atoms with Gasteiger partial charge in [0, 0.05) is 11.6 Å². The second-order valence-corrected chi connectivity index (χ2v) is 3.60. The van der Waals surface area contributed by atoms with Crippen LogP contribution in [-0.2, 0) is 4.79 Å². The standard InChI is InChI=1S/C14H10O3/c15-13(7-8-14(16)17)12-6-5-10-3-1-2-4-11(10)9-12/h1-9H,(H,16,17)/b8-7+. The first-order valence-electron chi connectivity index (χ1n) is 5.11. The molecule has 0 aromatic heterocycles. The summed E-state index contributed by atoms with van der Waals surface area (Å²) in [5.74, 6) is -1.43. The molecule has 3 heteroatoms. The second kappa shape index (κ2) is 4.61. The summed E-state index contributed by atoms with van der Waals surface area (Å²) in [7, 11) is 0. The lowest BCUT2D eigenvalue weighted by Crippen LogP contribution is -1.96. The Balaban J connectivity index is 2.36. The van der Waals surface area contributed by atoms with E-state index < -0.39 is 5.97 Å². The van der Waals surface area contributed by atoms with Crippen LogP contribution in [0.15, 0.2) is 54.6 Å². The normalized spacial score (nSPS) is 10.8. The summed E-state index contributed by atoms with van der Waals surface area (Å²) in [5, 5.41) is 10.4. The third kappa shape index (κ3) is 2.58. The highest BCUT2D eigenvalue weighted by atomic mass is 16.4. The quantitative estimate of drug-likeness (QED) is 0.646. The maximum absolute atomic E-state index is 11.6. The molecule has 1 N–H and O–H groups in total. The Morgan fingerprint density at radius 1 is 0.941 bits per heavy atom. The smallest absolute Gasteiger partial charge is 0.328 e. The zero-order valence-corrected chi connectivity index (χ0v) is 8.96. The minimum Gasteiger partial charge on any atom is -0.478 e. The van der Waals surface area contributed by atoms with E-state index in [1.54, 1.807) is 12.1 Å². The molecule has 2 rings (SSSR count). The van der Waals surface area contributed by atoms with Crippen LogP contribution in [0.1, 0.15) is 10.4 Å². The number of carboxylic acid groups (broad SMARTS) is 1. The Kier molecular flexibility index (Phi) is 3.01. The van der Waals surface area contributed by atoms with Crippen molar-refractivity contribution in [2.75, 3.05) is 0 Å². The Labute approximate surface area is 98.0 Å². The molecule has 0 saturated carbocycles. The van der Waals surface area contributed by atoms with Crippen molar-refractivity contribution in [1.29, 1.82) is 0 Å². The van der Waals surface area contributed by atoms with E-state index in [9.17, 15) is 9.59 Å². The van der Waals surface area contributed by atoms with E-state index >= 15 is 0 Å². The van der Waals surface area contributed by atoms with E-state index in [4.69, 9.17) is 5.11 Å². The number of benzene rings is 2. The van der Waals surface area contributed by atoms with Crippen LogP contribution in [0.2, 0.25) is 0 Å². The third-order valence-electron chi connectivity index (χ3n) is 2.41. The van der Waals surface area contributed by atoms with Gasteiger partial charge in [0.2, 0.25) is 0 Å². The van der Waals surface area contributed by atoms with Crippen LogP contribution in [-0.4, -0.2) is 16.9 Å². The number of hydrogen-bond donors (Lipinski definition) is 1. The van der Waals surface area contributed by atoms with Crippen molar-refractivity contribution in [3.05, 3.63) is 60.2 Å². The molecule has 0 aliphatic carbocycles. The molecule has 3 nitrogen and oxygen atoms in total. The fourth-order valence-electron chi connectivity index (χ4n) is 1.59. The summed E-state index contributed by atoms with van der Waals surface area (Å²) in [6.45, 7) is 0. The molecular formula is C14H10O3. The summed E-state index contributed by atoms with van der Waals surface area (Å²) in [5.41, 5.74) is 0.487. The number of carboxylic acids is 1. The minimum atomic E-state index is -1.13. The number of hydrogen-bond acceptors (Lipinski definition) is 2. The van der Waals surface area contributed by atoms with Gasteiger partial charge in [-0.05, 0) is 22.9 Å². The average Bonchev–Trinajstić information content (AvgIpc) is 2.35. The lowest BCUT2D eigenvalue weighted by Gasteiger charge is -1.99. The Hall–Kier alpha value is -2.42. The number of carbonyl (C=O) groups excluding carboxylic acids is 1. The molecule has 2 aromatic rings. The van der Waals surface area contributed by atoms with E-state index in [1.165, 1.54) is 0 Å². The highest BCUT2D eigenvalue weighted by Gasteiger charge is 2.03. The SMILES string of the molecule is O=C(O)/C=C/C(=O)c1ccc2ccccc2c1. The van der Waals surface area contributed by atoms with E-state index in [0.717, 1.165) is 22.9 Å². The molecule has 84 valence electrons. The van der Waals surface area contributed by atoms with E-state index in [0.29, 0.717) is 5.56 Å². The van der Waals surface area contributed by atoms with Crippen LogP contribution in [0, 0.1) is 0 Å². The first-order chi connectivity index (χ1) is 8.16. The maximum atomic E-state index is 11.6. The van der Waals surface area contributed by atoms with Gasteiger partial charge in [0.15, 0.2) is 5.78 Å². The van der Waals surface area contributed by atoms with E-state index in [-0.39, 0.29) is 5.78 Å². The van der Waals surface area contributed by atoms with E-state index in [2.05, 4.69) is 0 Å². The predicted molar refractivity (Wildman–Crippen MR) is 65.1 cm³/mol. The van der Waals surface area contributed by atoms with Gasteiger partial charge in [-0.2, -0.15) is 0 Å². The molecule has 2 aromatic carbocycles. The molecule has 0 radical (unpaired) electrons. The Morgan fingerprint density at radius 2 is 1.65 bits per heavy atom. The summed E-state index contributed by atoms with van der Waals surface area (Å²) in [4.78, 5) is 22.0. The summed E-state index contributed by atoms with van der Waals surface area (Å²) in [6, 6.07) is 13.0. The molecule has 0 heterocycles. The van der Waals surface area contributed by atoms with Crippen molar-refractivity contribution in [1.82, 2.24) is 0 Å². The number of carbonyl (C=O) groups is 2. The highest BCUT2D eigenvalue weighted by molar-refractivity contribution is 6.08. The van der Waals surface area contributed by atoms with Crippen LogP contribution < -0.4 is 0 Å². The Morgan fingerprint density at radius 3 is 2.35 bits per heavy atom. The fourth-order valence-corrected chi connectivity index (χ4v) is 1.59. The zero-order valence-electron chi connectivity index (χ0n) is 8.96. The largest absolute Gasteiger partial charge is 0.478 e. The second-order valence-electron chi connectivity index (χ2n) is 3.60. The van der Waals surface area contributed by atoms with Gasteiger partial charge >= 0.3 is 5.97 Å². The molecule has 0 aliphatic rings. The lowest BCUT2D eigenvalue weighted by molar-refractivity contribution is -0.131. The Bertz CT molecular complexity index is 612. The maximum Gasteiger partial charge on any atom is 0.328 e. The minimum absolute atomic E-state index is 0.307. The van der Waals surface area contributed by atoms with Crippen LogP contribution >= 0.6 is 0 Å². The van der Waals surface area contributed by atoms with Gasteiger partial charge in [-0.25, -0.2) is 4.79 Å². The molecule has 0 amide bonds. The van der Waals surface area contributed by atoms with Crippen molar-refractivity contribution in [3.8, 4) is 0 Å². The summed E-state index contributed by atoms with van der Waals surface area (Å²) < 4.78 is 0. The molecule has 0 bridgehead atoms. The molecule has 0 aliphatic heterocycles. The number of aliphatic carboxylic acids is 1. The number of ketones is 1. The molecule has 0 saturated heterocycles. The number of fused-ring (bicyclic) bond motifs is 1.